The molecule has 1 unspecified atom stereocenters. The van der Waals surface area contributed by atoms with E-state index < -0.39 is 12.0 Å². The smallest absolute Gasteiger partial charge is 0.323 e. The van der Waals surface area contributed by atoms with Gasteiger partial charge in [0, 0.05) is 11.3 Å². The van der Waals surface area contributed by atoms with Crippen LogP contribution in [-0.4, -0.2) is 30.3 Å². The van der Waals surface area contributed by atoms with E-state index in [2.05, 4.69) is 15.5 Å². The van der Waals surface area contributed by atoms with Gasteiger partial charge in [0.25, 0.3) is 0 Å². The zero-order valence-corrected chi connectivity index (χ0v) is 9.69. The van der Waals surface area contributed by atoms with E-state index in [1.807, 2.05) is 30.3 Å². The van der Waals surface area contributed by atoms with Gasteiger partial charge in [-0.3, -0.25) is 4.79 Å². The van der Waals surface area contributed by atoms with Crippen molar-refractivity contribution in [3.05, 3.63) is 46.3 Å². The van der Waals surface area contributed by atoms with Crippen LogP contribution in [0.25, 0.3) is 10.4 Å². The number of rotatable bonds is 8. The molecule has 1 atom stereocenters. The van der Waals surface area contributed by atoms with Crippen LogP contribution >= 0.6 is 0 Å². The number of azide groups is 1. The summed E-state index contributed by atoms with van der Waals surface area (Å²) in [7, 11) is 0. The highest BCUT2D eigenvalue weighted by Gasteiger charge is 2.17. The standard InChI is InChI=1S/C11H14N4O3/c12-15-13-6-7-18-14-10(11(16)17)8-9-4-2-1-3-5-9/h1-5,10,14H,6-8H2,(H,16,17). The molecular formula is C11H14N4O3. The van der Waals surface area contributed by atoms with Gasteiger partial charge < -0.3 is 9.94 Å². The molecule has 0 fully saturated rings. The third-order valence-corrected chi connectivity index (χ3v) is 2.16. The van der Waals surface area contributed by atoms with Crippen molar-refractivity contribution in [1.82, 2.24) is 5.48 Å². The Balaban J connectivity index is 2.41. The molecule has 0 radical (unpaired) electrons. The lowest BCUT2D eigenvalue weighted by Crippen LogP contribution is -2.39. The first kappa shape index (κ1) is 14.0. The summed E-state index contributed by atoms with van der Waals surface area (Å²) < 4.78 is 0. The Morgan fingerprint density at radius 1 is 1.50 bits per heavy atom. The predicted molar refractivity (Wildman–Crippen MR) is 64.7 cm³/mol. The third-order valence-electron chi connectivity index (χ3n) is 2.16. The second-order valence-electron chi connectivity index (χ2n) is 3.50. The minimum atomic E-state index is -0.998. The number of carboxylic acid groups (broad SMARTS) is 1. The van der Waals surface area contributed by atoms with Crippen molar-refractivity contribution >= 4 is 5.97 Å². The molecular weight excluding hydrogens is 236 g/mol. The molecule has 18 heavy (non-hydrogen) atoms. The summed E-state index contributed by atoms with van der Waals surface area (Å²) >= 11 is 0. The maximum atomic E-state index is 11.0. The Morgan fingerprint density at radius 2 is 2.22 bits per heavy atom. The predicted octanol–water partition coefficient (Wildman–Crippen LogP) is 1.51. The number of hydroxylamine groups is 1. The first-order chi connectivity index (χ1) is 8.74. The maximum Gasteiger partial charge on any atom is 0.323 e. The summed E-state index contributed by atoms with van der Waals surface area (Å²) in [6.45, 7) is 0.282. The topological polar surface area (TPSA) is 107 Å². The van der Waals surface area contributed by atoms with Crippen molar-refractivity contribution in [2.24, 2.45) is 5.11 Å². The van der Waals surface area contributed by atoms with Crippen molar-refractivity contribution in [3.63, 3.8) is 0 Å². The van der Waals surface area contributed by atoms with E-state index in [-0.39, 0.29) is 13.2 Å². The van der Waals surface area contributed by atoms with Gasteiger partial charge in [-0.1, -0.05) is 35.4 Å². The normalized spacial score (nSPS) is 11.6. The second-order valence-corrected chi connectivity index (χ2v) is 3.50. The summed E-state index contributed by atoms with van der Waals surface area (Å²) in [4.78, 5) is 18.5. The van der Waals surface area contributed by atoms with Gasteiger partial charge in [0.05, 0.1) is 13.2 Å². The SMILES string of the molecule is [N-]=[N+]=NCCONC(Cc1ccccc1)C(=O)O. The van der Waals surface area contributed by atoms with Crippen LogP contribution in [0, 0.1) is 0 Å². The highest BCUT2D eigenvalue weighted by atomic mass is 16.6. The van der Waals surface area contributed by atoms with E-state index in [1.165, 1.54) is 0 Å². The van der Waals surface area contributed by atoms with Gasteiger partial charge in [-0.05, 0) is 11.1 Å². The van der Waals surface area contributed by atoms with Gasteiger partial charge in [0.15, 0.2) is 0 Å². The van der Waals surface area contributed by atoms with E-state index in [4.69, 9.17) is 15.5 Å². The zero-order valence-electron chi connectivity index (χ0n) is 9.69. The number of carbonyl (C=O) groups is 1. The number of nitrogens with one attached hydrogen (secondary N) is 1. The quantitative estimate of drug-likeness (QED) is 0.240. The minimum absolute atomic E-state index is 0.128. The lowest BCUT2D eigenvalue weighted by atomic mass is 10.1. The van der Waals surface area contributed by atoms with Crippen molar-refractivity contribution in [1.29, 1.82) is 0 Å². The molecule has 7 heteroatoms. The number of aliphatic carboxylic acids is 1. The van der Waals surface area contributed by atoms with Crippen LogP contribution in [0.1, 0.15) is 5.56 Å². The minimum Gasteiger partial charge on any atom is -0.480 e. The summed E-state index contributed by atoms with van der Waals surface area (Å²) in [5.74, 6) is -0.998. The van der Waals surface area contributed by atoms with Crippen molar-refractivity contribution in [2.75, 3.05) is 13.2 Å². The van der Waals surface area contributed by atoms with Gasteiger partial charge in [-0.2, -0.15) is 5.48 Å². The molecule has 7 nitrogen and oxygen atoms in total. The molecule has 0 spiro atoms. The van der Waals surface area contributed by atoms with Gasteiger partial charge in [0.1, 0.15) is 6.04 Å². The van der Waals surface area contributed by atoms with Crippen LogP contribution in [0.3, 0.4) is 0 Å². The highest BCUT2D eigenvalue weighted by molar-refractivity contribution is 5.73. The molecule has 0 aliphatic carbocycles. The second kappa shape index (κ2) is 8.08. The number of nitrogens with zero attached hydrogens (tertiary/aromatic N) is 3. The van der Waals surface area contributed by atoms with E-state index >= 15 is 0 Å². The van der Waals surface area contributed by atoms with E-state index in [1.54, 1.807) is 0 Å². The van der Waals surface area contributed by atoms with Crippen LogP contribution in [-0.2, 0) is 16.1 Å². The number of hydrogen-bond donors (Lipinski definition) is 2. The molecule has 1 rings (SSSR count). The molecule has 0 amide bonds. The van der Waals surface area contributed by atoms with E-state index in [0.717, 1.165) is 5.56 Å². The van der Waals surface area contributed by atoms with Gasteiger partial charge in [0.2, 0.25) is 0 Å². The Bertz CT molecular complexity index is 418. The molecule has 2 N–H and O–H groups in total. The van der Waals surface area contributed by atoms with E-state index in [0.29, 0.717) is 6.42 Å². The average Bonchev–Trinajstić information content (AvgIpc) is 2.38. The van der Waals surface area contributed by atoms with Crippen LogP contribution < -0.4 is 5.48 Å². The molecule has 0 heterocycles. The number of benzene rings is 1. The average molecular weight is 250 g/mol. The highest BCUT2D eigenvalue weighted by Crippen LogP contribution is 2.03. The molecule has 0 aliphatic heterocycles. The molecule has 0 aliphatic rings. The third kappa shape index (κ3) is 5.31. The van der Waals surface area contributed by atoms with Gasteiger partial charge in [-0.25, -0.2) is 0 Å². The zero-order chi connectivity index (χ0) is 13.2. The molecule has 1 aromatic carbocycles. The molecule has 96 valence electrons. The van der Waals surface area contributed by atoms with Crippen molar-refractivity contribution in [2.45, 2.75) is 12.5 Å². The van der Waals surface area contributed by atoms with Crippen LogP contribution in [0.15, 0.2) is 35.4 Å². The Hall–Kier alpha value is -2.08. The molecule has 0 saturated carbocycles. The first-order valence-electron chi connectivity index (χ1n) is 5.39. The van der Waals surface area contributed by atoms with Gasteiger partial charge >= 0.3 is 5.97 Å². The monoisotopic (exact) mass is 250 g/mol. The lowest BCUT2D eigenvalue weighted by Gasteiger charge is -2.13. The fourth-order valence-electron chi connectivity index (χ4n) is 1.32. The fraction of sp³-hybridized carbons (Fsp3) is 0.364. The fourth-order valence-corrected chi connectivity index (χ4v) is 1.32. The Morgan fingerprint density at radius 3 is 2.83 bits per heavy atom. The maximum absolute atomic E-state index is 11.0. The summed E-state index contributed by atoms with van der Waals surface area (Å²) in [6.07, 6.45) is 0.317. The molecule has 0 aromatic heterocycles. The van der Waals surface area contributed by atoms with Crippen LogP contribution in [0.5, 0.6) is 0 Å². The molecule has 0 saturated heterocycles. The summed E-state index contributed by atoms with van der Waals surface area (Å²) in [6, 6.07) is 8.41. The summed E-state index contributed by atoms with van der Waals surface area (Å²) in [5.41, 5.74) is 11.4. The number of hydrogen-bond acceptors (Lipinski definition) is 4. The van der Waals surface area contributed by atoms with Gasteiger partial charge in [-0.15, -0.1) is 0 Å². The van der Waals surface area contributed by atoms with E-state index in [9.17, 15) is 4.79 Å². The van der Waals surface area contributed by atoms with Crippen molar-refractivity contribution in [3.8, 4) is 0 Å². The molecule has 0 bridgehead atoms. The largest absolute Gasteiger partial charge is 0.480 e. The van der Waals surface area contributed by atoms with Crippen molar-refractivity contribution < 1.29 is 14.7 Å². The summed E-state index contributed by atoms with van der Waals surface area (Å²) in [5, 5.41) is 12.3. The van der Waals surface area contributed by atoms with Crippen LogP contribution in [0.2, 0.25) is 0 Å². The Kier molecular flexibility index (Phi) is 6.27. The first-order valence-corrected chi connectivity index (χ1v) is 5.39. The molecule has 1 aromatic rings. The lowest BCUT2D eigenvalue weighted by molar-refractivity contribution is -0.144. The number of carboxylic acids is 1. The van der Waals surface area contributed by atoms with Crippen LogP contribution in [0.4, 0.5) is 0 Å². The Labute approximate surface area is 104 Å².